The Bertz CT molecular complexity index is 640. The standard InChI is InChI=1S/C6H13O16P3/c7-1-2(8)4(5(10)11)19-6(3(1)9)20-24(15,16)22-25(17,18)21-23(12,13)14/h1-4,6-9H,(H,10,11)(H,15,16)(H,17,18)(H2,12,13,14)/t1-,2-,3+,4-,6-/m0/s1. The highest BCUT2D eigenvalue weighted by atomic mass is 31.3. The van der Waals surface area contributed by atoms with Gasteiger partial charge in [0.2, 0.25) is 0 Å². The molecule has 0 aromatic rings. The molecule has 0 aromatic heterocycles. The second-order valence-corrected chi connectivity index (χ2v) is 8.80. The first-order chi connectivity index (χ1) is 11.0. The fourth-order valence-electron chi connectivity index (χ4n) is 1.57. The number of aliphatic hydroxyl groups is 3. The van der Waals surface area contributed by atoms with Crippen molar-refractivity contribution >= 4 is 29.4 Å². The Hall–Kier alpha value is -0.280. The fraction of sp³-hybridized carbons (Fsp3) is 0.833. The van der Waals surface area contributed by atoms with Crippen LogP contribution in [0, 0.1) is 0 Å². The Morgan fingerprint density at radius 3 is 1.80 bits per heavy atom. The maximum atomic E-state index is 11.6. The quantitative estimate of drug-likeness (QED) is 0.188. The van der Waals surface area contributed by atoms with Gasteiger partial charge in [-0.25, -0.2) is 18.5 Å². The third kappa shape index (κ3) is 6.75. The number of phosphoric acid groups is 3. The number of ether oxygens (including phenoxy) is 1. The molecule has 19 heteroatoms. The SMILES string of the molecule is O=C(O)[C@H]1O[C@@H](OP(=O)(O)OP(=O)(O)OP(=O)(O)O)[C@H](O)[C@@H](O)[C@@H]1O. The Kier molecular flexibility index (Phi) is 7.07. The zero-order chi connectivity index (χ0) is 19.8. The topological polar surface area (TPSA) is 267 Å². The largest absolute Gasteiger partial charge is 0.490 e. The summed E-state index contributed by atoms with van der Waals surface area (Å²) < 4.78 is 48.4. The van der Waals surface area contributed by atoms with Crippen LogP contribution in [0.2, 0.25) is 0 Å². The fourth-order valence-corrected chi connectivity index (χ4v) is 4.67. The summed E-state index contributed by atoms with van der Waals surface area (Å²) in [6, 6.07) is 0. The minimum Gasteiger partial charge on any atom is -0.479 e. The molecule has 1 aliphatic rings. The lowest BCUT2D eigenvalue weighted by molar-refractivity contribution is -0.274. The summed E-state index contributed by atoms with van der Waals surface area (Å²) in [4.78, 5) is 45.7. The summed E-state index contributed by atoms with van der Waals surface area (Å²) in [5.74, 6) is -1.86. The van der Waals surface area contributed by atoms with Crippen LogP contribution in [0.1, 0.15) is 0 Å². The monoisotopic (exact) mass is 434 g/mol. The van der Waals surface area contributed by atoms with E-state index in [9.17, 15) is 38.7 Å². The Morgan fingerprint density at radius 1 is 0.840 bits per heavy atom. The lowest BCUT2D eigenvalue weighted by atomic mass is 9.99. The molecule has 16 nitrogen and oxygen atoms in total. The van der Waals surface area contributed by atoms with Crippen molar-refractivity contribution in [3.05, 3.63) is 0 Å². The molecular formula is C6H13O16P3. The van der Waals surface area contributed by atoms with Gasteiger partial charge in [-0.15, -0.1) is 0 Å². The van der Waals surface area contributed by atoms with E-state index in [1.54, 1.807) is 0 Å². The van der Waals surface area contributed by atoms with Gasteiger partial charge in [-0.05, 0) is 0 Å². The molecule has 1 saturated heterocycles. The molecule has 1 aliphatic heterocycles. The van der Waals surface area contributed by atoms with Crippen molar-refractivity contribution in [2.24, 2.45) is 0 Å². The van der Waals surface area contributed by atoms with Gasteiger partial charge in [-0.2, -0.15) is 8.62 Å². The van der Waals surface area contributed by atoms with Crippen LogP contribution in [-0.4, -0.2) is 76.7 Å². The number of aliphatic carboxylic acids is 1. The van der Waals surface area contributed by atoms with Crippen molar-refractivity contribution in [2.45, 2.75) is 30.7 Å². The zero-order valence-corrected chi connectivity index (χ0v) is 14.3. The number of hydrogen-bond donors (Lipinski definition) is 8. The number of hydrogen-bond acceptors (Lipinski definition) is 11. The van der Waals surface area contributed by atoms with Crippen molar-refractivity contribution in [1.82, 2.24) is 0 Å². The number of aliphatic hydroxyl groups excluding tert-OH is 3. The van der Waals surface area contributed by atoms with Gasteiger partial charge in [0.15, 0.2) is 12.4 Å². The average molecular weight is 434 g/mol. The zero-order valence-electron chi connectivity index (χ0n) is 11.6. The van der Waals surface area contributed by atoms with E-state index >= 15 is 0 Å². The lowest BCUT2D eigenvalue weighted by Gasteiger charge is -2.38. The molecule has 7 atom stereocenters. The van der Waals surface area contributed by atoms with Gasteiger partial charge in [0.05, 0.1) is 0 Å². The second-order valence-electron chi connectivity index (χ2n) is 4.43. The molecule has 0 amide bonds. The summed E-state index contributed by atoms with van der Waals surface area (Å²) in [6.45, 7) is 0. The van der Waals surface area contributed by atoms with Crippen LogP contribution in [0.3, 0.4) is 0 Å². The molecule has 0 radical (unpaired) electrons. The van der Waals surface area contributed by atoms with Gasteiger partial charge >= 0.3 is 29.4 Å². The van der Waals surface area contributed by atoms with Crippen LogP contribution < -0.4 is 0 Å². The first kappa shape index (κ1) is 22.8. The van der Waals surface area contributed by atoms with E-state index in [2.05, 4.69) is 17.9 Å². The van der Waals surface area contributed by atoms with E-state index in [4.69, 9.17) is 19.8 Å². The van der Waals surface area contributed by atoms with E-state index in [1.165, 1.54) is 0 Å². The number of rotatable bonds is 7. The molecule has 0 aromatic carbocycles. The van der Waals surface area contributed by atoms with Crippen LogP contribution >= 0.6 is 23.5 Å². The molecule has 0 aliphatic carbocycles. The first-order valence-electron chi connectivity index (χ1n) is 5.79. The van der Waals surface area contributed by atoms with E-state index in [0.29, 0.717) is 0 Å². The minimum atomic E-state index is -5.85. The first-order valence-corrected chi connectivity index (χ1v) is 10.3. The molecular weight excluding hydrogens is 421 g/mol. The second kappa shape index (κ2) is 7.76. The van der Waals surface area contributed by atoms with Gasteiger partial charge in [0.1, 0.15) is 18.3 Å². The highest BCUT2D eigenvalue weighted by Gasteiger charge is 2.51. The number of carboxylic acid groups (broad SMARTS) is 1. The van der Waals surface area contributed by atoms with Crippen molar-refractivity contribution < 1.29 is 76.4 Å². The third-order valence-electron chi connectivity index (χ3n) is 2.47. The molecule has 1 fully saturated rings. The Balaban J connectivity index is 2.91. The van der Waals surface area contributed by atoms with Crippen LogP contribution in [0.5, 0.6) is 0 Å². The van der Waals surface area contributed by atoms with Gasteiger partial charge < -0.3 is 44.7 Å². The smallest absolute Gasteiger partial charge is 0.479 e. The van der Waals surface area contributed by atoms with Crippen molar-refractivity contribution in [1.29, 1.82) is 0 Å². The number of phosphoric ester groups is 1. The average Bonchev–Trinajstić information content (AvgIpc) is 2.34. The van der Waals surface area contributed by atoms with Gasteiger partial charge in [-0.1, -0.05) is 0 Å². The van der Waals surface area contributed by atoms with Crippen molar-refractivity contribution in [3.8, 4) is 0 Å². The summed E-state index contributed by atoms with van der Waals surface area (Å²) in [5.41, 5.74) is 0. The summed E-state index contributed by atoms with van der Waals surface area (Å²) in [7, 11) is -17.2. The van der Waals surface area contributed by atoms with Gasteiger partial charge in [0, 0.05) is 0 Å². The van der Waals surface area contributed by atoms with E-state index in [-0.39, 0.29) is 0 Å². The van der Waals surface area contributed by atoms with E-state index < -0.39 is 60.1 Å². The predicted molar refractivity (Wildman–Crippen MR) is 69.3 cm³/mol. The van der Waals surface area contributed by atoms with Crippen LogP contribution in [0.4, 0.5) is 0 Å². The van der Waals surface area contributed by atoms with Crippen LogP contribution in [0.15, 0.2) is 0 Å². The molecule has 0 saturated carbocycles. The molecule has 0 spiro atoms. The molecule has 1 heterocycles. The number of carbonyl (C=O) groups is 1. The van der Waals surface area contributed by atoms with Gasteiger partial charge in [-0.3, -0.25) is 4.52 Å². The molecule has 8 N–H and O–H groups in total. The molecule has 1 rings (SSSR count). The Labute approximate surface area is 137 Å². The molecule has 2 unspecified atom stereocenters. The summed E-state index contributed by atoms with van der Waals surface area (Å²) in [6.07, 6.45) is -11.4. The Morgan fingerprint density at radius 2 is 1.36 bits per heavy atom. The molecule has 0 bridgehead atoms. The normalized spacial score (nSPS) is 35.6. The lowest BCUT2D eigenvalue weighted by Crippen LogP contribution is -2.60. The van der Waals surface area contributed by atoms with Crippen LogP contribution in [-0.2, 0) is 36.4 Å². The maximum absolute atomic E-state index is 11.6. The van der Waals surface area contributed by atoms with Crippen molar-refractivity contribution in [3.63, 3.8) is 0 Å². The highest BCUT2D eigenvalue weighted by molar-refractivity contribution is 7.66. The third-order valence-corrected chi connectivity index (χ3v) is 6.27. The minimum absolute atomic E-state index is 1.86. The highest BCUT2D eigenvalue weighted by Crippen LogP contribution is 2.66. The number of carboxylic acids is 1. The summed E-state index contributed by atoms with van der Waals surface area (Å²) in [5, 5.41) is 37.1. The maximum Gasteiger partial charge on any atom is 0.490 e. The summed E-state index contributed by atoms with van der Waals surface area (Å²) >= 11 is 0. The van der Waals surface area contributed by atoms with E-state index in [0.717, 1.165) is 0 Å². The predicted octanol–water partition coefficient (Wildman–Crippen LogP) is -2.78. The van der Waals surface area contributed by atoms with E-state index in [1.807, 2.05) is 0 Å². The molecule has 148 valence electrons. The van der Waals surface area contributed by atoms with Gasteiger partial charge in [0.25, 0.3) is 0 Å². The molecule has 25 heavy (non-hydrogen) atoms. The van der Waals surface area contributed by atoms with Crippen LogP contribution in [0.25, 0.3) is 0 Å². The van der Waals surface area contributed by atoms with Crippen molar-refractivity contribution in [2.75, 3.05) is 0 Å².